The predicted molar refractivity (Wildman–Crippen MR) is 76.8 cm³/mol. The molecule has 2 heterocycles. The van der Waals surface area contributed by atoms with Gasteiger partial charge in [0.2, 0.25) is 0 Å². The second-order valence-electron chi connectivity index (χ2n) is 5.57. The highest BCUT2D eigenvalue weighted by molar-refractivity contribution is 5.78. The third-order valence-electron chi connectivity index (χ3n) is 4.40. The molecule has 1 aromatic rings. The van der Waals surface area contributed by atoms with Gasteiger partial charge in [-0.15, -0.1) is 0 Å². The molecular weight excluding hydrogens is 254 g/mol. The van der Waals surface area contributed by atoms with Crippen LogP contribution < -0.4 is 15.4 Å². The number of carbonyl (C=O) groups excluding carboxylic acids is 1. The highest BCUT2D eigenvalue weighted by Crippen LogP contribution is 2.31. The SMILES string of the molecule is COc1cccc(CN2C(=O)NCC23CCNCC3)c1. The molecule has 0 unspecified atom stereocenters. The minimum Gasteiger partial charge on any atom is -0.497 e. The molecule has 2 saturated heterocycles. The van der Waals surface area contributed by atoms with E-state index >= 15 is 0 Å². The van der Waals surface area contributed by atoms with E-state index in [4.69, 9.17) is 4.74 Å². The Labute approximate surface area is 119 Å². The molecule has 2 amide bonds. The number of carbonyl (C=O) groups is 1. The van der Waals surface area contributed by atoms with Crippen LogP contribution in [0.25, 0.3) is 0 Å². The van der Waals surface area contributed by atoms with E-state index in [0.717, 1.165) is 43.8 Å². The van der Waals surface area contributed by atoms with E-state index in [-0.39, 0.29) is 11.6 Å². The van der Waals surface area contributed by atoms with Gasteiger partial charge in [0.15, 0.2) is 0 Å². The monoisotopic (exact) mass is 275 g/mol. The Hall–Kier alpha value is -1.75. The van der Waals surface area contributed by atoms with Gasteiger partial charge in [0.25, 0.3) is 0 Å². The van der Waals surface area contributed by atoms with E-state index in [1.165, 1.54) is 0 Å². The highest BCUT2D eigenvalue weighted by atomic mass is 16.5. The lowest BCUT2D eigenvalue weighted by molar-refractivity contribution is 0.119. The molecule has 1 aromatic carbocycles. The number of rotatable bonds is 3. The zero-order valence-electron chi connectivity index (χ0n) is 11.8. The number of methoxy groups -OCH3 is 1. The Kier molecular flexibility index (Phi) is 3.53. The number of ether oxygens (including phenoxy) is 1. The zero-order chi connectivity index (χ0) is 14.0. The van der Waals surface area contributed by atoms with Crippen molar-refractivity contribution in [1.82, 2.24) is 15.5 Å². The standard InChI is InChI=1S/C15H21N3O2/c1-20-13-4-2-3-12(9-13)10-18-14(19)17-11-15(18)5-7-16-8-6-15/h2-4,9,16H,5-8,10-11H2,1H3,(H,17,19). The summed E-state index contributed by atoms with van der Waals surface area (Å²) in [7, 11) is 1.66. The van der Waals surface area contributed by atoms with Crippen LogP contribution in [0, 0.1) is 0 Å². The maximum atomic E-state index is 12.2. The maximum Gasteiger partial charge on any atom is 0.318 e. The molecule has 0 radical (unpaired) electrons. The average molecular weight is 275 g/mol. The van der Waals surface area contributed by atoms with Crippen LogP contribution in [0.2, 0.25) is 0 Å². The first kappa shape index (κ1) is 13.2. The van der Waals surface area contributed by atoms with Crippen LogP contribution in [0.15, 0.2) is 24.3 Å². The third-order valence-corrected chi connectivity index (χ3v) is 4.40. The van der Waals surface area contributed by atoms with Gasteiger partial charge in [-0.05, 0) is 43.6 Å². The lowest BCUT2D eigenvalue weighted by atomic mass is 9.87. The van der Waals surface area contributed by atoms with Gasteiger partial charge in [-0.25, -0.2) is 4.79 Å². The van der Waals surface area contributed by atoms with Crippen molar-refractivity contribution in [3.8, 4) is 5.75 Å². The predicted octanol–water partition coefficient (Wildman–Crippen LogP) is 1.34. The smallest absolute Gasteiger partial charge is 0.318 e. The Balaban J connectivity index is 1.81. The Bertz CT molecular complexity index is 498. The fraction of sp³-hybridized carbons (Fsp3) is 0.533. The summed E-state index contributed by atoms with van der Waals surface area (Å²) in [5, 5.41) is 6.37. The van der Waals surface area contributed by atoms with Gasteiger partial charge in [-0.2, -0.15) is 0 Å². The maximum absolute atomic E-state index is 12.2. The largest absolute Gasteiger partial charge is 0.497 e. The first-order valence-corrected chi connectivity index (χ1v) is 7.13. The molecule has 3 rings (SSSR count). The summed E-state index contributed by atoms with van der Waals surface area (Å²) >= 11 is 0. The molecule has 0 bridgehead atoms. The van der Waals surface area contributed by atoms with Gasteiger partial charge < -0.3 is 20.3 Å². The van der Waals surface area contributed by atoms with Crippen LogP contribution in [0.4, 0.5) is 4.79 Å². The normalized spacial score (nSPS) is 21.1. The molecule has 5 heteroatoms. The summed E-state index contributed by atoms with van der Waals surface area (Å²) in [5.41, 5.74) is 1.09. The van der Waals surface area contributed by atoms with Gasteiger partial charge in [0.1, 0.15) is 5.75 Å². The van der Waals surface area contributed by atoms with E-state index in [1.54, 1.807) is 7.11 Å². The number of urea groups is 1. The van der Waals surface area contributed by atoms with E-state index in [9.17, 15) is 4.79 Å². The number of nitrogens with zero attached hydrogens (tertiary/aromatic N) is 1. The second kappa shape index (κ2) is 5.32. The molecule has 1 spiro atoms. The molecule has 20 heavy (non-hydrogen) atoms. The van der Waals surface area contributed by atoms with E-state index < -0.39 is 0 Å². The van der Waals surface area contributed by atoms with Crippen molar-refractivity contribution in [2.75, 3.05) is 26.7 Å². The van der Waals surface area contributed by atoms with E-state index in [2.05, 4.69) is 10.6 Å². The molecule has 0 saturated carbocycles. The number of hydrogen-bond donors (Lipinski definition) is 2. The molecular formula is C15H21N3O2. The Morgan fingerprint density at radius 3 is 2.90 bits per heavy atom. The molecule has 5 nitrogen and oxygen atoms in total. The van der Waals surface area contributed by atoms with Gasteiger partial charge in [-0.1, -0.05) is 12.1 Å². The lowest BCUT2D eigenvalue weighted by Gasteiger charge is -2.40. The van der Waals surface area contributed by atoms with Crippen molar-refractivity contribution in [2.45, 2.75) is 24.9 Å². The molecule has 2 aliphatic rings. The van der Waals surface area contributed by atoms with Crippen molar-refractivity contribution < 1.29 is 9.53 Å². The van der Waals surface area contributed by atoms with Gasteiger partial charge >= 0.3 is 6.03 Å². The Morgan fingerprint density at radius 1 is 1.35 bits per heavy atom. The van der Waals surface area contributed by atoms with Crippen LogP contribution >= 0.6 is 0 Å². The van der Waals surface area contributed by atoms with Crippen molar-refractivity contribution in [2.24, 2.45) is 0 Å². The van der Waals surface area contributed by atoms with Crippen molar-refractivity contribution in [1.29, 1.82) is 0 Å². The molecule has 108 valence electrons. The van der Waals surface area contributed by atoms with Crippen LogP contribution in [-0.4, -0.2) is 43.2 Å². The van der Waals surface area contributed by atoms with Gasteiger partial charge in [0.05, 0.1) is 12.6 Å². The second-order valence-corrected chi connectivity index (χ2v) is 5.57. The third kappa shape index (κ3) is 2.33. The van der Waals surface area contributed by atoms with Crippen LogP contribution in [0.5, 0.6) is 5.75 Å². The topological polar surface area (TPSA) is 53.6 Å². The first-order valence-electron chi connectivity index (χ1n) is 7.13. The molecule has 2 aliphatic heterocycles. The quantitative estimate of drug-likeness (QED) is 0.875. The van der Waals surface area contributed by atoms with Crippen molar-refractivity contribution in [3.05, 3.63) is 29.8 Å². The van der Waals surface area contributed by atoms with E-state index in [1.807, 2.05) is 29.2 Å². The average Bonchev–Trinajstić information content (AvgIpc) is 2.78. The molecule has 0 aromatic heterocycles. The van der Waals surface area contributed by atoms with E-state index in [0.29, 0.717) is 6.54 Å². The summed E-state index contributed by atoms with van der Waals surface area (Å²) in [6.45, 7) is 3.35. The molecule has 2 N–H and O–H groups in total. The van der Waals surface area contributed by atoms with Gasteiger partial charge in [-0.3, -0.25) is 0 Å². The molecule has 0 atom stereocenters. The van der Waals surface area contributed by atoms with Crippen LogP contribution in [0.1, 0.15) is 18.4 Å². The minimum absolute atomic E-state index is 0.0224. The lowest BCUT2D eigenvalue weighted by Crippen LogP contribution is -2.53. The highest BCUT2D eigenvalue weighted by Gasteiger charge is 2.45. The van der Waals surface area contributed by atoms with Crippen molar-refractivity contribution in [3.63, 3.8) is 0 Å². The Morgan fingerprint density at radius 2 is 2.15 bits per heavy atom. The number of piperidine rings is 1. The minimum atomic E-state index is -0.0224. The first-order chi connectivity index (χ1) is 9.73. The molecule has 2 fully saturated rings. The fourth-order valence-electron chi connectivity index (χ4n) is 3.18. The summed E-state index contributed by atoms with van der Waals surface area (Å²) in [6.07, 6.45) is 2.02. The fourth-order valence-corrected chi connectivity index (χ4v) is 3.18. The number of nitrogens with one attached hydrogen (secondary N) is 2. The van der Waals surface area contributed by atoms with Crippen LogP contribution in [0.3, 0.4) is 0 Å². The molecule has 0 aliphatic carbocycles. The number of amides is 2. The van der Waals surface area contributed by atoms with Crippen molar-refractivity contribution >= 4 is 6.03 Å². The number of hydrogen-bond acceptors (Lipinski definition) is 3. The van der Waals surface area contributed by atoms with Gasteiger partial charge in [0, 0.05) is 13.1 Å². The number of benzene rings is 1. The van der Waals surface area contributed by atoms with Crippen LogP contribution in [-0.2, 0) is 6.54 Å². The summed E-state index contributed by atoms with van der Waals surface area (Å²) < 4.78 is 5.25. The zero-order valence-corrected chi connectivity index (χ0v) is 11.8. The summed E-state index contributed by atoms with van der Waals surface area (Å²) in [5.74, 6) is 0.835. The summed E-state index contributed by atoms with van der Waals surface area (Å²) in [6, 6.07) is 7.99. The summed E-state index contributed by atoms with van der Waals surface area (Å²) in [4.78, 5) is 14.2.